The first-order valence-corrected chi connectivity index (χ1v) is 9.15. The Morgan fingerprint density at radius 2 is 1.75 bits per heavy atom. The number of hydrogen-bond acceptors (Lipinski definition) is 5. The molecule has 0 aliphatic carbocycles. The third kappa shape index (κ3) is 3.48. The monoisotopic (exact) mass is 339 g/mol. The molecule has 3 aromatic rings. The molecule has 0 unspecified atom stereocenters. The van der Waals surface area contributed by atoms with E-state index in [4.69, 9.17) is 5.11 Å². The molecule has 4 nitrogen and oxygen atoms in total. The molecule has 2 heterocycles. The van der Waals surface area contributed by atoms with E-state index in [1.807, 2.05) is 12.1 Å². The van der Waals surface area contributed by atoms with Gasteiger partial charge in [0.1, 0.15) is 11.0 Å². The highest BCUT2D eigenvalue weighted by atomic mass is 32.1. The zero-order valence-electron chi connectivity index (χ0n) is 13.6. The number of likely N-dealkylation sites (tertiary alicyclic amines) is 1. The summed E-state index contributed by atoms with van der Waals surface area (Å²) in [6.45, 7) is 3.42. The van der Waals surface area contributed by atoms with Gasteiger partial charge in [0.05, 0.1) is 18.3 Å². The highest BCUT2D eigenvalue weighted by Gasteiger charge is 2.22. The van der Waals surface area contributed by atoms with Gasteiger partial charge in [0.15, 0.2) is 0 Å². The summed E-state index contributed by atoms with van der Waals surface area (Å²) in [5.41, 5.74) is 5.68. The van der Waals surface area contributed by atoms with Crippen LogP contribution in [0, 0.1) is 5.92 Å². The van der Waals surface area contributed by atoms with Crippen molar-refractivity contribution >= 4 is 22.8 Å². The largest absolute Gasteiger partial charge is 0.392 e. The Morgan fingerprint density at radius 3 is 2.58 bits per heavy atom. The maximum atomic E-state index is 9.13. The van der Waals surface area contributed by atoms with Gasteiger partial charge in [-0.05, 0) is 54.1 Å². The number of nitrogens with zero attached hydrogens (tertiary/aromatic N) is 3. The van der Waals surface area contributed by atoms with Gasteiger partial charge in [-0.15, -0.1) is 0 Å². The lowest BCUT2D eigenvalue weighted by atomic mass is 9.98. The van der Waals surface area contributed by atoms with E-state index in [0.717, 1.165) is 48.6 Å². The van der Waals surface area contributed by atoms with Crippen molar-refractivity contribution in [3.05, 3.63) is 59.2 Å². The minimum atomic E-state index is 0.121. The fourth-order valence-corrected chi connectivity index (χ4v) is 4.04. The molecule has 1 N–H and O–H groups in total. The minimum absolute atomic E-state index is 0.121. The number of aliphatic hydroxyl groups excluding tert-OH is 1. The molecular weight excluding hydrogens is 318 g/mol. The molecule has 1 atom stereocenters. The van der Waals surface area contributed by atoms with Crippen LogP contribution in [0.15, 0.2) is 42.5 Å². The van der Waals surface area contributed by atoms with Crippen LogP contribution in [0.25, 0.3) is 11.0 Å². The molecule has 0 radical (unpaired) electrons. The molecule has 0 amide bonds. The van der Waals surface area contributed by atoms with E-state index in [9.17, 15) is 0 Å². The summed E-state index contributed by atoms with van der Waals surface area (Å²) in [6.07, 6.45) is 2.37. The number of rotatable bonds is 5. The average molecular weight is 339 g/mol. The fraction of sp³-hybridized carbons (Fsp3) is 0.368. The minimum Gasteiger partial charge on any atom is -0.392 e. The van der Waals surface area contributed by atoms with Crippen molar-refractivity contribution in [3.8, 4) is 0 Å². The second-order valence-electron chi connectivity index (χ2n) is 6.66. The van der Waals surface area contributed by atoms with Crippen LogP contribution in [0.4, 0.5) is 0 Å². The lowest BCUT2D eigenvalue weighted by Crippen LogP contribution is -2.20. The van der Waals surface area contributed by atoms with Gasteiger partial charge in [-0.2, -0.15) is 8.75 Å². The zero-order chi connectivity index (χ0) is 16.4. The smallest absolute Gasteiger partial charge is 0.105 e. The van der Waals surface area contributed by atoms with Gasteiger partial charge >= 0.3 is 0 Å². The second-order valence-corrected chi connectivity index (χ2v) is 7.18. The topological polar surface area (TPSA) is 49.2 Å². The summed E-state index contributed by atoms with van der Waals surface area (Å²) >= 11 is 1.28. The predicted molar refractivity (Wildman–Crippen MR) is 96.9 cm³/mol. The Balaban J connectivity index is 1.35. The van der Waals surface area contributed by atoms with Crippen molar-refractivity contribution in [2.75, 3.05) is 13.1 Å². The molecule has 1 aromatic heterocycles. The number of benzene rings is 2. The standard InChI is InChI=1S/C19H21N3OS/c23-13-15-3-1-14(2-4-15)9-17-7-8-22(12-17)11-16-5-6-18-19(10-16)21-24-20-18/h1-6,10,17,23H,7-9,11-13H2/t17-/m1/s1. The van der Waals surface area contributed by atoms with Gasteiger partial charge in [0.2, 0.25) is 0 Å². The Labute approximate surface area is 146 Å². The number of aliphatic hydroxyl groups is 1. The summed E-state index contributed by atoms with van der Waals surface area (Å²) < 4.78 is 8.60. The summed E-state index contributed by atoms with van der Waals surface area (Å²) in [5.74, 6) is 0.717. The SMILES string of the molecule is OCc1ccc(C[C@H]2CCN(Cc3ccc4nsnc4c3)C2)cc1. The van der Waals surface area contributed by atoms with Crippen LogP contribution >= 0.6 is 11.7 Å². The van der Waals surface area contributed by atoms with E-state index < -0.39 is 0 Å². The molecule has 5 heteroatoms. The van der Waals surface area contributed by atoms with Crippen LogP contribution in [0.2, 0.25) is 0 Å². The third-order valence-electron chi connectivity index (χ3n) is 4.82. The lowest BCUT2D eigenvalue weighted by Gasteiger charge is -2.16. The average Bonchev–Trinajstić information content (AvgIpc) is 3.24. The van der Waals surface area contributed by atoms with Crippen LogP contribution in [-0.4, -0.2) is 31.8 Å². The lowest BCUT2D eigenvalue weighted by molar-refractivity contribution is 0.282. The summed E-state index contributed by atoms with van der Waals surface area (Å²) in [7, 11) is 0. The van der Waals surface area contributed by atoms with Crippen molar-refractivity contribution < 1.29 is 5.11 Å². The maximum Gasteiger partial charge on any atom is 0.105 e. The van der Waals surface area contributed by atoms with Gasteiger partial charge in [0.25, 0.3) is 0 Å². The Hall–Kier alpha value is -1.82. The summed E-state index contributed by atoms with van der Waals surface area (Å²) in [5, 5.41) is 9.13. The Bertz CT molecular complexity index is 815. The van der Waals surface area contributed by atoms with E-state index in [-0.39, 0.29) is 6.61 Å². The third-order valence-corrected chi connectivity index (χ3v) is 5.38. The van der Waals surface area contributed by atoms with Crippen LogP contribution in [0.5, 0.6) is 0 Å². The molecular formula is C19H21N3OS. The second kappa shape index (κ2) is 6.97. The molecule has 4 rings (SSSR count). The van der Waals surface area contributed by atoms with Crippen LogP contribution < -0.4 is 0 Å². The van der Waals surface area contributed by atoms with Crippen LogP contribution in [-0.2, 0) is 19.6 Å². The van der Waals surface area contributed by atoms with Crippen molar-refractivity contribution in [2.45, 2.75) is 26.0 Å². The molecule has 0 spiro atoms. The highest BCUT2D eigenvalue weighted by Crippen LogP contribution is 2.23. The van der Waals surface area contributed by atoms with Crippen molar-refractivity contribution in [2.24, 2.45) is 5.92 Å². The Morgan fingerprint density at radius 1 is 1.00 bits per heavy atom. The number of fused-ring (bicyclic) bond motifs is 1. The maximum absolute atomic E-state index is 9.13. The normalized spacial score (nSPS) is 18.5. The first kappa shape index (κ1) is 15.7. The quantitative estimate of drug-likeness (QED) is 0.775. The number of hydrogen-bond donors (Lipinski definition) is 1. The molecule has 0 bridgehead atoms. The van der Waals surface area contributed by atoms with Gasteiger partial charge < -0.3 is 5.11 Å². The molecule has 1 saturated heterocycles. The molecule has 124 valence electrons. The summed E-state index contributed by atoms with van der Waals surface area (Å²) in [4.78, 5) is 2.54. The Kier molecular flexibility index (Phi) is 4.56. The van der Waals surface area contributed by atoms with E-state index >= 15 is 0 Å². The molecule has 24 heavy (non-hydrogen) atoms. The molecule has 1 fully saturated rings. The van der Waals surface area contributed by atoms with E-state index in [2.05, 4.69) is 44.0 Å². The number of aromatic nitrogens is 2. The van der Waals surface area contributed by atoms with Crippen LogP contribution in [0.1, 0.15) is 23.1 Å². The van der Waals surface area contributed by atoms with E-state index in [0.29, 0.717) is 0 Å². The fourth-order valence-electron chi connectivity index (χ4n) is 3.52. The van der Waals surface area contributed by atoms with E-state index in [1.54, 1.807) is 0 Å². The van der Waals surface area contributed by atoms with Crippen molar-refractivity contribution in [1.82, 2.24) is 13.6 Å². The van der Waals surface area contributed by atoms with Gasteiger partial charge in [0, 0.05) is 13.1 Å². The van der Waals surface area contributed by atoms with Gasteiger partial charge in [-0.1, -0.05) is 30.3 Å². The van der Waals surface area contributed by atoms with Crippen LogP contribution in [0.3, 0.4) is 0 Å². The zero-order valence-corrected chi connectivity index (χ0v) is 14.4. The first-order valence-electron chi connectivity index (χ1n) is 8.42. The van der Waals surface area contributed by atoms with Gasteiger partial charge in [-0.3, -0.25) is 4.90 Å². The molecule has 1 aliphatic rings. The van der Waals surface area contributed by atoms with Gasteiger partial charge in [-0.25, -0.2) is 0 Å². The molecule has 2 aromatic carbocycles. The summed E-state index contributed by atoms with van der Waals surface area (Å²) in [6, 6.07) is 14.8. The van der Waals surface area contributed by atoms with Crippen molar-refractivity contribution in [1.29, 1.82) is 0 Å². The first-order chi connectivity index (χ1) is 11.8. The highest BCUT2D eigenvalue weighted by molar-refractivity contribution is 7.00. The molecule has 0 saturated carbocycles. The molecule has 1 aliphatic heterocycles. The van der Waals surface area contributed by atoms with Crippen molar-refractivity contribution in [3.63, 3.8) is 0 Å². The predicted octanol–water partition coefficient (Wildman–Crippen LogP) is 3.25. The van der Waals surface area contributed by atoms with E-state index in [1.165, 1.54) is 29.3 Å².